The van der Waals surface area contributed by atoms with Gasteiger partial charge in [0.15, 0.2) is 5.58 Å². The van der Waals surface area contributed by atoms with Crippen LogP contribution in [0.15, 0.2) is 27.4 Å². The molecule has 0 spiro atoms. The molecule has 0 bridgehead atoms. The summed E-state index contributed by atoms with van der Waals surface area (Å²) in [5, 5.41) is 9.04. The Balaban J connectivity index is 2.37. The summed E-state index contributed by atoms with van der Waals surface area (Å²) >= 11 is 0. The second-order valence-corrected chi connectivity index (χ2v) is 4.71. The Kier molecular flexibility index (Phi) is 2.53. The van der Waals surface area contributed by atoms with E-state index in [1.165, 1.54) is 0 Å². The lowest BCUT2D eigenvalue weighted by Crippen LogP contribution is -2.26. The van der Waals surface area contributed by atoms with Crippen LogP contribution < -0.4 is 5.76 Å². The van der Waals surface area contributed by atoms with Crippen LogP contribution in [0.4, 0.5) is 0 Å². The van der Waals surface area contributed by atoms with Crippen LogP contribution in [0, 0.1) is 5.41 Å². The first-order chi connectivity index (χ1) is 7.88. The number of hydrogen-bond donors (Lipinski definition) is 2. The predicted octanol–water partition coefficient (Wildman–Crippen LogP) is 1.77. The van der Waals surface area contributed by atoms with Gasteiger partial charge in [0.05, 0.1) is 10.9 Å². The molecule has 2 aromatic rings. The van der Waals surface area contributed by atoms with Gasteiger partial charge >= 0.3 is 11.7 Å². The lowest BCUT2D eigenvalue weighted by Gasteiger charge is -2.18. The molecule has 5 heteroatoms. The zero-order valence-corrected chi connectivity index (χ0v) is 9.61. The highest BCUT2D eigenvalue weighted by Crippen LogP contribution is 2.23. The number of carboxylic acids is 1. The van der Waals surface area contributed by atoms with Crippen molar-refractivity contribution >= 4 is 17.1 Å². The van der Waals surface area contributed by atoms with Gasteiger partial charge in [-0.25, -0.2) is 4.79 Å². The maximum absolute atomic E-state index is 11.0. The molecule has 0 aliphatic rings. The van der Waals surface area contributed by atoms with Crippen LogP contribution in [0.2, 0.25) is 0 Å². The largest absolute Gasteiger partial charge is 0.481 e. The number of carbonyl (C=O) groups is 1. The fourth-order valence-corrected chi connectivity index (χ4v) is 1.69. The normalized spacial score (nSPS) is 11.9. The van der Waals surface area contributed by atoms with Gasteiger partial charge in [0, 0.05) is 0 Å². The molecular formula is C12H13NO4. The van der Waals surface area contributed by atoms with Crippen LogP contribution in [-0.4, -0.2) is 16.1 Å². The number of fused-ring (bicyclic) bond motifs is 1. The Morgan fingerprint density at radius 2 is 2.18 bits per heavy atom. The highest BCUT2D eigenvalue weighted by molar-refractivity contribution is 5.75. The number of aromatic nitrogens is 1. The Morgan fingerprint density at radius 1 is 1.47 bits per heavy atom. The summed E-state index contributed by atoms with van der Waals surface area (Å²) in [6.45, 7) is 3.32. The number of aromatic amines is 1. The highest BCUT2D eigenvalue weighted by atomic mass is 16.4. The second kappa shape index (κ2) is 3.76. The van der Waals surface area contributed by atoms with Gasteiger partial charge in [-0.05, 0) is 38.0 Å². The topological polar surface area (TPSA) is 83.3 Å². The van der Waals surface area contributed by atoms with Gasteiger partial charge in [0.25, 0.3) is 0 Å². The fourth-order valence-electron chi connectivity index (χ4n) is 1.69. The third-order valence-corrected chi connectivity index (χ3v) is 2.71. The summed E-state index contributed by atoms with van der Waals surface area (Å²) in [4.78, 5) is 24.5. The Hall–Kier alpha value is -2.04. The summed E-state index contributed by atoms with van der Waals surface area (Å²) < 4.78 is 4.92. The minimum absolute atomic E-state index is 0.382. The van der Waals surface area contributed by atoms with Gasteiger partial charge < -0.3 is 9.52 Å². The molecule has 0 amide bonds. The van der Waals surface area contributed by atoms with Crippen LogP contribution in [0.5, 0.6) is 0 Å². The van der Waals surface area contributed by atoms with E-state index in [-0.39, 0.29) is 0 Å². The van der Waals surface area contributed by atoms with E-state index in [4.69, 9.17) is 9.52 Å². The molecule has 1 heterocycles. The molecule has 0 fully saturated rings. The molecule has 90 valence electrons. The molecule has 0 unspecified atom stereocenters. The minimum Gasteiger partial charge on any atom is -0.481 e. The first-order valence-corrected chi connectivity index (χ1v) is 5.24. The maximum Gasteiger partial charge on any atom is 0.417 e. The summed E-state index contributed by atoms with van der Waals surface area (Å²) in [7, 11) is 0. The van der Waals surface area contributed by atoms with Gasteiger partial charge in [-0.2, -0.15) is 0 Å². The zero-order valence-electron chi connectivity index (χ0n) is 9.61. The van der Waals surface area contributed by atoms with E-state index in [1.807, 2.05) is 0 Å². The van der Waals surface area contributed by atoms with Gasteiger partial charge in [-0.1, -0.05) is 6.07 Å². The van der Waals surface area contributed by atoms with Crippen molar-refractivity contribution in [3.8, 4) is 0 Å². The monoisotopic (exact) mass is 235 g/mol. The number of oxazole rings is 1. The maximum atomic E-state index is 11.0. The first kappa shape index (κ1) is 11.4. The van der Waals surface area contributed by atoms with Crippen molar-refractivity contribution in [2.45, 2.75) is 20.3 Å². The number of benzene rings is 1. The summed E-state index contributed by atoms with van der Waals surface area (Å²) in [5.41, 5.74) is 1.05. The minimum atomic E-state index is -0.854. The van der Waals surface area contributed by atoms with E-state index >= 15 is 0 Å². The lowest BCUT2D eigenvalue weighted by molar-refractivity contribution is -0.146. The summed E-state index contributed by atoms with van der Waals surface area (Å²) in [6.07, 6.45) is 0.382. The Morgan fingerprint density at radius 3 is 2.82 bits per heavy atom. The fraction of sp³-hybridized carbons (Fsp3) is 0.333. The SMILES string of the molecule is CC(C)(Cc1ccc2[nH]c(=O)oc2c1)C(=O)O. The molecule has 0 saturated carbocycles. The van der Waals surface area contributed by atoms with Crippen molar-refractivity contribution in [3.05, 3.63) is 34.3 Å². The average Bonchev–Trinajstić information content (AvgIpc) is 2.56. The predicted molar refractivity (Wildman–Crippen MR) is 62.0 cm³/mol. The number of H-pyrrole nitrogens is 1. The van der Waals surface area contributed by atoms with E-state index in [2.05, 4.69) is 4.98 Å². The molecule has 5 nitrogen and oxygen atoms in total. The quantitative estimate of drug-likeness (QED) is 0.849. The van der Waals surface area contributed by atoms with Crippen LogP contribution >= 0.6 is 0 Å². The zero-order chi connectivity index (χ0) is 12.6. The number of rotatable bonds is 3. The third-order valence-electron chi connectivity index (χ3n) is 2.71. The van der Waals surface area contributed by atoms with E-state index in [9.17, 15) is 9.59 Å². The highest BCUT2D eigenvalue weighted by Gasteiger charge is 2.27. The Bertz CT molecular complexity index is 621. The number of hydrogen-bond acceptors (Lipinski definition) is 3. The van der Waals surface area contributed by atoms with Crippen molar-refractivity contribution < 1.29 is 14.3 Å². The van der Waals surface area contributed by atoms with Crippen molar-refractivity contribution in [1.29, 1.82) is 0 Å². The first-order valence-electron chi connectivity index (χ1n) is 5.24. The number of aliphatic carboxylic acids is 1. The lowest BCUT2D eigenvalue weighted by atomic mass is 9.86. The van der Waals surface area contributed by atoms with Crippen molar-refractivity contribution in [3.63, 3.8) is 0 Å². The van der Waals surface area contributed by atoms with E-state index in [0.29, 0.717) is 17.5 Å². The van der Waals surface area contributed by atoms with Gasteiger partial charge in [0.1, 0.15) is 0 Å². The van der Waals surface area contributed by atoms with E-state index in [0.717, 1.165) is 5.56 Å². The van der Waals surface area contributed by atoms with E-state index < -0.39 is 17.1 Å². The molecule has 17 heavy (non-hydrogen) atoms. The van der Waals surface area contributed by atoms with Crippen molar-refractivity contribution in [2.24, 2.45) is 5.41 Å². The van der Waals surface area contributed by atoms with Crippen LogP contribution in [-0.2, 0) is 11.2 Å². The molecule has 0 aliphatic heterocycles. The molecule has 0 radical (unpaired) electrons. The van der Waals surface area contributed by atoms with Gasteiger partial charge in [0.2, 0.25) is 0 Å². The summed E-state index contributed by atoms with van der Waals surface area (Å²) in [5.74, 6) is -1.36. The third kappa shape index (κ3) is 2.22. The molecular weight excluding hydrogens is 222 g/mol. The van der Waals surface area contributed by atoms with Gasteiger partial charge in [-0.15, -0.1) is 0 Å². The Labute approximate surface area is 97.1 Å². The smallest absolute Gasteiger partial charge is 0.417 e. The van der Waals surface area contributed by atoms with Gasteiger partial charge in [-0.3, -0.25) is 9.78 Å². The molecule has 1 aromatic heterocycles. The molecule has 2 N–H and O–H groups in total. The van der Waals surface area contributed by atoms with Crippen LogP contribution in [0.25, 0.3) is 11.1 Å². The summed E-state index contributed by atoms with van der Waals surface area (Å²) in [6, 6.07) is 5.20. The van der Waals surface area contributed by atoms with E-state index in [1.54, 1.807) is 32.0 Å². The van der Waals surface area contributed by atoms with Crippen molar-refractivity contribution in [2.75, 3.05) is 0 Å². The molecule has 0 saturated heterocycles. The molecule has 0 aliphatic carbocycles. The second-order valence-electron chi connectivity index (χ2n) is 4.71. The number of nitrogens with one attached hydrogen (secondary N) is 1. The standard InChI is InChI=1S/C12H13NO4/c1-12(2,10(14)15)6-7-3-4-8-9(5-7)17-11(16)13-8/h3-5H,6H2,1-2H3,(H,13,16)(H,14,15). The van der Waals surface area contributed by atoms with Crippen molar-refractivity contribution in [1.82, 2.24) is 4.98 Å². The molecule has 2 rings (SSSR count). The number of carboxylic acid groups (broad SMARTS) is 1. The molecule has 0 atom stereocenters. The van der Waals surface area contributed by atoms with Crippen LogP contribution in [0.3, 0.4) is 0 Å². The van der Waals surface area contributed by atoms with Crippen LogP contribution in [0.1, 0.15) is 19.4 Å². The average molecular weight is 235 g/mol. The molecule has 1 aromatic carbocycles.